The monoisotopic (exact) mass is 422 g/mol. The van der Waals surface area contributed by atoms with E-state index in [0.29, 0.717) is 23.4 Å². The summed E-state index contributed by atoms with van der Waals surface area (Å²) in [5.41, 5.74) is 2.02. The molecule has 0 saturated heterocycles. The summed E-state index contributed by atoms with van der Waals surface area (Å²) in [6.45, 7) is 1.89. The summed E-state index contributed by atoms with van der Waals surface area (Å²) < 4.78 is 27.3. The van der Waals surface area contributed by atoms with Crippen LogP contribution in [-0.4, -0.2) is 30.4 Å². The molecule has 0 bridgehead atoms. The van der Waals surface area contributed by atoms with E-state index in [-0.39, 0.29) is 17.1 Å². The molecule has 30 heavy (non-hydrogen) atoms. The number of amides is 1. The van der Waals surface area contributed by atoms with E-state index in [9.17, 15) is 18.0 Å². The molecule has 3 rings (SSSR count). The number of aromatic nitrogens is 1. The molecule has 7 heteroatoms. The smallest absolute Gasteiger partial charge is 0.265 e. The number of allylic oxidation sites excluding steroid dienone is 1. The summed E-state index contributed by atoms with van der Waals surface area (Å²) in [5.74, 6) is -0.917. The second-order valence-electron chi connectivity index (χ2n) is 6.57. The number of nitrogens with one attached hydrogen (secondary N) is 1. The average Bonchev–Trinajstić information content (AvgIpc) is 3.22. The van der Waals surface area contributed by atoms with Crippen molar-refractivity contribution in [2.75, 3.05) is 5.75 Å². The molecule has 0 atom stereocenters. The molecule has 0 aliphatic heterocycles. The van der Waals surface area contributed by atoms with Crippen molar-refractivity contribution in [3.8, 4) is 0 Å². The van der Waals surface area contributed by atoms with Crippen molar-refractivity contribution in [2.45, 2.75) is 13.5 Å². The summed E-state index contributed by atoms with van der Waals surface area (Å²) in [6, 6.07) is 19.4. The quantitative estimate of drug-likeness (QED) is 0.563. The first-order valence-electron chi connectivity index (χ1n) is 9.46. The molecule has 0 aliphatic carbocycles. The van der Waals surface area contributed by atoms with Crippen molar-refractivity contribution >= 4 is 27.8 Å². The van der Waals surface area contributed by atoms with Gasteiger partial charge in [0, 0.05) is 23.9 Å². The predicted octanol–water partition coefficient (Wildman–Crippen LogP) is 3.51. The number of carbonyl (C=O) groups is 2. The van der Waals surface area contributed by atoms with Crippen LogP contribution in [0.15, 0.2) is 79.0 Å². The standard InChI is InChI=1S/C23H22N2O4S/c1-2-30(28,29)24-23(27)20-14-7-6-10-18(20)13-8-16-25-17-9-15-21(25)22(26)19-11-4-3-5-12-19/h3-15,17H,2,16H2,1H3,(H,24,27)/b13-8+. The number of sulfonamides is 1. The third-order valence-electron chi connectivity index (χ3n) is 4.53. The normalized spacial score (nSPS) is 11.5. The molecular formula is C23H22N2O4S. The fourth-order valence-electron chi connectivity index (χ4n) is 2.93. The minimum Gasteiger partial charge on any atom is -0.341 e. The molecule has 0 radical (unpaired) electrons. The first kappa shape index (κ1) is 21.3. The van der Waals surface area contributed by atoms with Gasteiger partial charge in [0.2, 0.25) is 15.8 Å². The lowest BCUT2D eigenvalue weighted by atomic mass is 10.1. The lowest BCUT2D eigenvalue weighted by Crippen LogP contribution is -2.32. The first-order valence-corrected chi connectivity index (χ1v) is 11.1. The molecular weight excluding hydrogens is 400 g/mol. The van der Waals surface area contributed by atoms with E-state index in [1.165, 1.54) is 6.92 Å². The van der Waals surface area contributed by atoms with Crippen LogP contribution in [0.4, 0.5) is 0 Å². The third kappa shape index (κ3) is 5.12. The van der Waals surface area contributed by atoms with Crippen LogP contribution in [0.25, 0.3) is 6.08 Å². The van der Waals surface area contributed by atoms with Gasteiger partial charge in [-0.25, -0.2) is 13.1 Å². The summed E-state index contributed by atoms with van der Waals surface area (Å²) >= 11 is 0. The van der Waals surface area contributed by atoms with E-state index < -0.39 is 15.9 Å². The third-order valence-corrected chi connectivity index (χ3v) is 5.79. The fourth-order valence-corrected chi connectivity index (χ4v) is 3.46. The zero-order valence-corrected chi connectivity index (χ0v) is 17.3. The van der Waals surface area contributed by atoms with Gasteiger partial charge in [-0.2, -0.15) is 0 Å². The van der Waals surface area contributed by atoms with Crippen LogP contribution in [0.3, 0.4) is 0 Å². The highest BCUT2D eigenvalue weighted by atomic mass is 32.2. The van der Waals surface area contributed by atoms with E-state index in [1.54, 1.807) is 54.6 Å². The highest BCUT2D eigenvalue weighted by molar-refractivity contribution is 7.90. The molecule has 0 aliphatic rings. The van der Waals surface area contributed by atoms with E-state index in [1.807, 2.05) is 35.0 Å². The number of benzene rings is 2. The molecule has 1 amide bonds. The van der Waals surface area contributed by atoms with Crippen molar-refractivity contribution < 1.29 is 18.0 Å². The van der Waals surface area contributed by atoms with Gasteiger partial charge in [-0.3, -0.25) is 9.59 Å². The molecule has 154 valence electrons. The maximum atomic E-state index is 12.7. The number of hydrogen-bond acceptors (Lipinski definition) is 4. The van der Waals surface area contributed by atoms with Crippen LogP contribution >= 0.6 is 0 Å². The molecule has 0 saturated carbocycles. The number of hydrogen-bond donors (Lipinski definition) is 1. The second-order valence-corrected chi connectivity index (χ2v) is 8.58. The van der Waals surface area contributed by atoms with Gasteiger partial charge in [0.1, 0.15) is 0 Å². The van der Waals surface area contributed by atoms with Crippen molar-refractivity contribution in [3.05, 3.63) is 101 Å². The Bertz CT molecular complexity index is 1180. The van der Waals surface area contributed by atoms with Crippen LogP contribution in [0.1, 0.15) is 38.9 Å². The van der Waals surface area contributed by atoms with E-state index >= 15 is 0 Å². The molecule has 2 aromatic carbocycles. The maximum absolute atomic E-state index is 12.7. The minimum absolute atomic E-state index is 0.0708. The largest absolute Gasteiger partial charge is 0.341 e. The fraction of sp³-hybridized carbons (Fsp3) is 0.130. The van der Waals surface area contributed by atoms with Gasteiger partial charge in [-0.1, -0.05) is 60.7 Å². The Kier molecular flexibility index (Phi) is 6.64. The lowest BCUT2D eigenvalue weighted by molar-refractivity contribution is 0.0980. The predicted molar refractivity (Wildman–Crippen MR) is 117 cm³/mol. The summed E-state index contributed by atoms with van der Waals surface area (Å²) in [6.07, 6.45) is 5.37. The van der Waals surface area contributed by atoms with Crippen LogP contribution < -0.4 is 4.72 Å². The van der Waals surface area contributed by atoms with Crippen LogP contribution in [-0.2, 0) is 16.6 Å². The van der Waals surface area contributed by atoms with Crippen LogP contribution in [0.5, 0.6) is 0 Å². The molecule has 3 aromatic rings. The Morgan fingerprint density at radius 3 is 2.40 bits per heavy atom. The minimum atomic E-state index is -3.65. The molecule has 1 N–H and O–H groups in total. The molecule has 0 spiro atoms. The maximum Gasteiger partial charge on any atom is 0.265 e. The van der Waals surface area contributed by atoms with Gasteiger partial charge in [0.15, 0.2) is 0 Å². The number of nitrogens with zero attached hydrogens (tertiary/aromatic N) is 1. The van der Waals surface area contributed by atoms with Gasteiger partial charge >= 0.3 is 0 Å². The molecule has 1 aromatic heterocycles. The van der Waals surface area contributed by atoms with Gasteiger partial charge in [-0.15, -0.1) is 0 Å². The van der Waals surface area contributed by atoms with Crippen molar-refractivity contribution in [2.24, 2.45) is 0 Å². The van der Waals surface area contributed by atoms with Crippen molar-refractivity contribution in [1.29, 1.82) is 0 Å². The topological polar surface area (TPSA) is 85.2 Å². The Hall–Kier alpha value is -3.45. The highest BCUT2D eigenvalue weighted by Crippen LogP contribution is 2.14. The summed E-state index contributed by atoms with van der Waals surface area (Å²) in [7, 11) is -3.65. The molecule has 0 unspecified atom stereocenters. The summed E-state index contributed by atoms with van der Waals surface area (Å²) in [4.78, 5) is 25.1. The van der Waals surface area contributed by atoms with Gasteiger partial charge in [0.05, 0.1) is 11.4 Å². The van der Waals surface area contributed by atoms with Crippen molar-refractivity contribution in [1.82, 2.24) is 9.29 Å². The Balaban J connectivity index is 1.77. The molecule has 0 fully saturated rings. The second kappa shape index (κ2) is 9.37. The molecule has 6 nitrogen and oxygen atoms in total. The van der Waals surface area contributed by atoms with Gasteiger partial charge in [-0.05, 0) is 30.7 Å². The lowest BCUT2D eigenvalue weighted by Gasteiger charge is -2.08. The van der Waals surface area contributed by atoms with Crippen LogP contribution in [0.2, 0.25) is 0 Å². The van der Waals surface area contributed by atoms with Crippen molar-refractivity contribution in [3.63, 3.8) is 0 Å². The Morgan fingerprint density at radius 1 is 0.967 bits per heavy atom. The highest BCUT2D eigenvalue weighted by Gasteiger charge is 2.16. The average molecular weight is 423 g/mol. The SMILES string of the molecule is CCS(=O)(=O)NC(=O)c1ccccc1/C=C/Cn1cccc1C(=O)c1ccccc1. The van der Waals surface area contributed by atoms with Crippen LogP contribution in [0, 0.1) is 0 Å². The summed E-state index contributed by atoms with van der Waals surface area (Å²) in [5, 5.41) is 0. The van der Waals surface area contributed by atoms with E-state index in [0.717, 1.165) is 0 Å². The Labute approximate surface area is 175 Å². The number of carbonyl (C=O) groups excluding carboxylic acids is 2. The number of ketones is 1. The zero-order valence-electron chi connectivity index (χ0n) is 16.5. The van der Waals surface area contributed by atoms with E-state index in [4.69, 9.17) is 0 Å². The molecule has 1 heterocycles. The Morgan fingerprint density at radius 2 is 1.67 bits per heavy atom. The number of rotatable bonds is 8. The first-order chi connectivity index (χ1) is 14.4. The van der Waals surface area contributed by atoms with Gasteiger partial charge < -0.3 is 4.57 Å². The zero-order chi connectivity index (χ0) is 21.6. The van der Waals surface area contributed by atoms with Gasteiger partial charge in [0.25, 0.3) is 5.91 Å². The van der Waals surface area contributed by atoms with E-state index in [2.05, 4.69) is 4.72 Å².